The second-order valence-electron chi connectivity index (χ2n) is 9.15. The minimum atomic E-state index is 0.0206. The van der Waals surface area contributed by atoms with E-state index in [0.29, 0.717) is 17.8 Å². The van der Waals surface area contributed by atoms with Crippen molar-refractivity contribution in [2.75, 3.05) is 19.6 Å². The molecule has 1 aliphatic rings. The van der Waals surface area contributed by atoms with Crippen LogP contribution in [-0.2, 0) is 11.8 Å². The number of likely N-dealkylation sites (tertiary alicyclic amines) is 1. The van der Waals surface area contributed by atoms with Crippen molar-refractivity contribution in [2.45, 2.75) is 59.8 Å². The van der Waals surface area contributed by atoms with Crippen molar-refractivity contribution in [3.8, 4) is 0 Å². The summed E-state index contributed by atoms with van der Waals surface area (Å²) >= 11 is 0. The predicted octanol–water partition coefficient (Wildman–Crippen LogP) is 5.15. The largest absolute Gasteiger partial charge is 0.633 e. The van der Waals surface area contributed by atoms with E-state index in [9.17, 15) is 5.21 Å². The van der Waals surface area contributed by atoms with Gasteiger partial charge in [-0.15, -0.1) is 0 Å². The van der Waals surface area contributed by atoms with Crippen molar-refractivity contribution in [2.24, 2.45) is 17.8 Å². The van der Waals surface area contributed by atoms with Crippen LogP contribution in [0.15, 0.2) is 24.3 Å². The van der Waals surface area contributed by atoms with Gasteiger partial charge < -0.3 is 9.85 Å². The summed E-state index contributed by atoms with van der Waals surface area (Å²) in [5.41, 5.74) is 2.94. The molecule has 1 fully saturated rings. The van der Waals surface area contributed by atoms with Crippen LogP contribution in [0.5, 0.6) is 0 Å². The van der Waals surface area contributed by atoms with Crippen molar-refractivity contribution in [3.63, 3.8) is 0 Å². The van der Waals surface area contributed by atoms with Crippen molar-refractivity contribution in [3.05, 3.63) is 40.6 Å². The highest BCUT2D eigenvalue weighted by molar-refractivity contribution is 5.27. The number of rotatable bonds is 4. The molecule has 0 aromatic heterocycles. The molecule has 130 valence electrons. The number of hydrogen-bond donors (Lipinski definition) is 0. The highest BCUT2D eigenvalue weighted by Gasteiger charge is 2.31. The summed E-state index contributed by atoms with van der Waals surface area (Å²) in [6.45, 7) is 15.9. The summed E-state index contributed by atoms with van der Waals surface area (Å²) in [7, 11) is 0. The fourth-order valence-electron chi connectivity index (χ4n) is 3.86. The Kier molecular flexibility index (Phi) is 5.58. The van der Waals surface area contributed by atoms with E-state index in [0.717, 1.165) is 32.5 Å². The van der Waals surface area contributed by atoms with Gasteiger partial charge in [0.25, 0.3) is 0 Å². The minimum absolute atomic E-state index is 0.0206. The van der Waals surface area contributed by atoms with E-state index >= 15 is 0 Å². The normalized spacial score (nSPS) is 30.2. The maximum Gasteiger partial charge on any atom is 0.0813 e. The Morgan fingerprint density at radius 2 is 1.74 bits per heavy atom. The third kappa shape index (κ3) is 5.06. The lowest BCUT2D eigenvalue weighted by molar-refractivity contribution is -0.893. The van der Waals surface area contributed by atoms with E-state index in [1.165, 1.54) is 11.1 Å². The monoisotopic (exact) mass is 317 g/mol. The highest BCUT2D eigenvalue weighted by Crippen LogP contribution is 2.29. The average molecular weight is 318 g/mol. The predicted molar refractivity (Wildman–Crippen MR) is 99.2 cm³/mol. The number of hydrogen-bond acceptors (Lipinski definition) is 1. The average Bonchev–Trinajstić information content (AvgIpc) is 2.42. The zero-order valence-electron chi connectivity index (χ0n) is 15.9. The van der Waals surface area contributed by atoms with Gasteiger partial charge in [-0.3, -0.25) is 0 Å². The number of piperidine rings is 1. The molecule has 0 spiro atoms. The Morgan fingerprint density at radius 3 is 2.26 bits per heavy atom. The molecule has 1 aliphatic heterocycles. The van der Waals surface area contributed by atoms with Crippen LogP contribution < -0.4 is 0 Å². The Morgan fingerprint density at radius 1 is 1.13 bits per heavy atom. The van der Waals surface area contributed by atoms with Crippen LogP contribution in [0.2, 0.25) is 0 Å². The topological polar surface area (TPSA) is 23.1 Å². The van der Waals surface area contributed by atoms with E-state index in [-0.39, 0.29) is 10.1 Å². The Labute approximate surface area is 143 Å². The lowest BCUT2D eigenvalue weighted by Crippen LogP contribution is -2.53. The van der Waals surface area contributed by atoms with Crippen molar-refractivity contribution in [1.29, 1.82) is 0 Å². The smallest absolute Gasteiger partial charge is 0.0813 e. The zero-order chi connectivity index (χ0) is 17.3. The molecular formula is C21H35NO. The van der Waals surface area contributed by atoms with Gasteiger partial charge in [-0.25, -0.2) is 0 Å². The molecule has 0 aliphatic carbocycles. The Hall–Kier alpha value is -0.860. The van der Waals surface area contributed by atoms with Gasteiger partial charge in [0.1, 0.15) is 0 Å². The quantitative estimate of drug-likeness (QED) is 0.556. The first-order valence-electron chi connectivity index (χ1n) is 9.25. The molecule has 1 aromatic rings. The Bertz CT molecular complexity index is 502. The molecule has 0 radical (unpaired) electrons. The van der Waals surface area contributed by atoms with Gasteiger partial charge in [-0.1, -0.05) is 65.8 Å². The van der Waals surface area contributed by atoms with Crippen molar-refractivity contribution < 1.29 is 4.65 Å². The summed E-state index contributed by atoms with van der Waals surface area (Å²) in [6.07, 6.45) is 2.09. The van der Waals surface area contributed by atoms with Gasteiger partial charge in [-0.05, 0) is 35.3 Å². The molecule has 0 saturated carbocycles. The molecule has 1 heterocycles. The molecule has 2 nitrogen and oxygen atoms in total. The molecule has 1 saturated heterocycles. The minimum Gasteiger partial charge on any atom is -0.633 e. The van der Waals surface area contributed by atoms with E-state index in [4.69, 9.17) is 0 Å². The third-order valence-corrected chi connectivity index (χ3v) is 5.63. The van der Waals surface area contributed by atoms with Gasteiger partial charge in [0.15, 0.2) is 0 Å². The lowest BCUT2D eigenvalue weighted by atomic mass is 9.85. The standard InChI is InChI=1S/C21H35NO/c1-16(14-22(23)12-11-17(2)18(3)15-22)13-19-7-9-20(10-8-19)21(4,5)6/h7-10,16-18H,11-15H2,1-6H3. The fourth-order valence-corrected chi connectivity index (χ4v) is 3.86. The summed E-state index contributed by atoms with van der Waals surface area (Å²) < 4.78 is 0.0206. The lowest BCUT2D eigenvalue weighted by Gasteiger charge is -2.50. The van der Waals surface area contributed by atoms with Crippen LogP contribution in [-0.4, -0.2) is 24.3 Å². The van der Waals surface area contributed by atoms with Gasteiger partial charge in [0.2, 0.25) is 0 Å². The summed E-state index contributed by atoms with van der Waals surface area (Å²) in [5.74, 6) is 1.70. The van der Waals surface area contributed by atoms with E-state index < -0.39 is 0 Å². The maximum atomic E-state index is 13.0. The second-order valence-corrected chi connectivity index (χ2v) is 9.15. The molecule has 4 unspecified atom stereocenters. The number of hydroxylamine groups is 3. The van der Waals surface area contributed by atoms with Crippen LogP contribution in [0.25, 0.3) is 0 Å². The van der Waals surface area contributed by atoms with E-state index in [2.05, 4.69) is 65.8 Å². The highest BCUT2D eigenvalue weighted by atomic mass is 16.5. The van der Waals surface area contributed by atoms with Crippen LogP contribution in [0.1, 0.15) is 59.1 Å². The summed E-state index contributed by atoms with van der Waals surface area (Å²) in [4.78, 5) is 0. The first-order chi connectivity index (χ1) is 10.6. The summed E-state index contributed by atoms with van der Waals surface area (Å²) in [6, 6.07) is 8.97. The van der Waals surface area contributed by atoms with Crippen molar-refractivity contribution >= 4 is 0 Å². The molecule has 1 aromatic carbocycles. The van der Waals surface area contributed by atoms with Crippen LogP contribution in [0.4, 0.5) is 0 Å². The first-order valence-corrected chi connectivity index (χ1v) is 9.25. The van der Waals surface area contributed by atoms with Gasteiger partial charge in [-0.2, -0.15) is 0 Å². The first kappa shape index (κ1) is 18.5. The molecule has 0 amide bonds. The number of nitrogens with zero attached hydrogens (tertiary/aromatic N) is 1. The van der Waals surface area contributed by atoms with Gasteiger partial charge in [0.05, 0.1) is 19.6 Å². The van der Waals surface area contributed by atoms with Crippen LogP contribution in [0.3, 0.4) is 0 Å². The summed E-state index contributed by atoms with van der Waals surface area (Å²) in [5, 5.41) is 13.0. The van der Waals surface area contributed by atoms with E-state index in [1.807, 2.05) is 0 Å². The zero-order valence-corrected chi connectivity index (χ0v) is 15.9. The SMILES string of the molecule is CC(Cc1ccc(C(C)(C)C)cc1)C[N+]1([O-])CCC(C)C(C)C1. The Balaban J connectivity index is 1.93. The van der Waals surface area contributed by atoms with Crippen LogP contribution in [0, 0.1) is 23.0 Å². The van der Waals surface area contributed by atoms with Crippen molar-refractivity contribution in [1.82, 2.24) is 0 Å². The molecule has 0 bridgehead atoms. The van der Waals surface area contributed by atoms with Crippen LogP contribution >= 0.6 is 0 Å². The molecule has 2 rings (SSSR count). The van der Waals surface area contributed by atoms with Gasteiger partial charge in [0, 0.05) is 11.8 Å². The molecule has 23 heavy (non-hydrogen) atoms. The molecular weight excluding hydrogens is 282 g/mol. The molecule has 2 heteroatoms. The number of benzene rings is 1. The second kappa shape index (κ2) is 6.94. The van der Waals surface area contributed by atoms with E-state index in [1.54, 1.807) is 0 Å². The molecule has 0 N–H and O–H groups in total. The van der Waals surface area contributed by atoms with Gasteiger partial charge >= 0.3 is 0 Å². The number of quaternary nitrogens is 1. The molecule has 4 atom stereocenters. The fraction of sp³-hybridized carbons (Fsp3) is 0.714. The third-order valence-electron chi connectivity index (χ3n) is 5.63. The maximum absolute atomic E-state index is 13.0.